The lowest BCUT2D eigenvalue weighted by molar-refractivity contribution is 0.280. The molecule has 0 atom stereocenters. The van der Waals surface area contributed by atoms with E-state index >= 15 is 0 Å². The number of nitrogens with zero attached hydrogens (tertiary/aromatic N) is 1. The first-order valence-electron chi connectivity index (χ1n) is 2.03. The highest BCUT2D eigenvalue weighted by Gasteiger charge is 1.98. The van der Waals surface area contributed by atoms with E-state index in [9.17, 15) is 0 Å². The van der Waals surface area contributed by atoms with Crippen LogP contribution in [-0.2, 0) is 0 Å². The van der Waals surface area contributed by atoms with Gasteiger partial charge < -0.3 is 5.43 Å². The van der Waals surface area contributed by atoms with E-state index in [0.717, 1.165) is 5.70 Å². The third-order valence-corrected chi connectivity index (χ3v) is 0.715. The third kappa shape index (κ3) is 0.819. The highest BCUT2D eigenvalue weighted by molar-refractivity contribution is 4.95. The van der Waals surface area contributed by atoms with E-state index in [0.29, 0.717) is 0 Å². The molecule has 1 aliphatic rings. The summed E-state index contributed by atoms with van der Waals surface area (Å²) in [6.45, 7) is 1.92. The summed E-state index contributed by atoms with van der Waals surface area (Å²) in [7, 11) is 0. The Balaban J connectivity index is 2.50. The number of nitrogens with two attached hydrogens (primary N) is 1. The molecule has 0 saturated carbocycles. The molecule has 0 spiro atoms. The van der Waals surface area contributed by atoms with Gasteiger partial charge in [-0.25, -0.2) is 11.0 Å². The Kier molecular flexibility index (Phi) is 0.883. The first-order chi connectivity index (χ1) is 3.29. The fourth-order valence-electron chi connectivity index (χ4n) is 0.426. The molecule has 0 aliphatic carbocycles. The molecule has 0 saturated heterocycles. The largest absolute Gasteiger partial charge is 0.306 e. The molecular weight excluding hydrogens is 92.1 g/mol. The van der Waals surface area contributed by atoms with Crippen LogP contribution in [0.15, 0.2) is 11.9 Å². The van der Waals surface area contributed by atoms with Crippen LogP contribution in [0.2, 0.25) is 0 Å². The minimum atomic E-state index is 1.02. The van der Waals surface area contributed by atoms with Crippen LogP contribution in [0.4, 0.5) is 0 Å². The second-order valence-electron chi connectivity index (χ2n) is 1.46. The van der Waals surface area contributed by atoms with E-state index in [1.54, 1.807) is 6.20 Å². The van der Waals surface area contributed by atoms with E-state index < -0.39 is 0 Å². The minimum Gasteiger partial charge on any atom is -0.306 e. The molecule has 0 amide bonds. The molecule has 0 unspecified atom stereocenters. The third-order valence-electron chi connectivity index (χ3n) is 0.715. The van der Waals surface area contributed by atoms with Crippen LogP contribution in [-0.4, -0.2) is 5.12 Å². The van der Waals surface area contributed by atoms with Crippen molar-refractivity contribution in [1.82, 2.24) is 16.1 Å². The van der Waals surface area contributed by atoms with E-state index in [1.165, 1.54) is 5.12 Å². The van der Waals surface area contributed by atoms with Crippen LogP contribution >= 0.6 is 0 Å². The van der Waals surface area contributed by atoms with Crippen molar-refractivity contribution in [1.29, 1.82) is 0 Å². The molecule has 0 radical (unpaired) electrons. The molecule has 4 nitrogen and oxygen atoms in total. The lowest BCUT2D eigenvalue weighted by Crippen LogP contribution is -2.40. The number of nitrogens with one attached hydrogen (secondary N) is 2. The highest BCUT2D eigenvalue weighted by atomic mass is 15.8. The number of allylic oxidation sites excluding steroid dienone is 1. The topological polar surface area (TPSA) is 53.3 Å². The summed E-state index contributed by atoms with van der Waals surface area (Å²) in [5, 5.41) is 1.36. The normalized spacial score (nSPS) is 19.1. The monoisotopic (exact) mass is 100 g/mol. The standard InChI is InChI=1S/C3H8N4/c1-3-2-7(4)6-5-3/h2,5-6H,4H2,1H3. The van der Waals surface area contributed by atoms with Gasteiger partial charge >= 0.3 is 0 Å². The smallest absolute Gasteiger partial charge is 0.0558 e. The van der Waals surface area contributed by atoms with Gasteiger partial charge in [-0.15, -0.1) is 5.53 Å². The predicted molar refractivity (Wildman–Crippen MR) is 26.1 cm³/mol. The number of hydrazine groups is 3. The van der Waals surface area contributed by atoms with Crippen molar-refractivity contribution in [2.45, 2.75) is 6.92 Å². The lowest BCUT2D eigenvalue weighted by atomic mass is 10.6. The van der Waals surface area contributed by atoms with Gasteiger partial charge in [0, 0.05) is 5.70 Å². The molecule has 0 aromatic carbocycles. The Morgan fingerprint density at radius 2 is 2.57 bits per heavy atom. The van der Waals surface area contributed by atoms with Crippen LogP contribution in [0, 0.1) is 0 Å². The molecule has 4 heteroatoms. The van der Waals surface area contributed by atoms with Crippen molar-refractivity contribution in [2.24, 2.45) is 5.84 Å². The van der Waals surface area contributed by atoms with Crippen LogP contribution in [0.1, 0.15) is 6.92 Å². The van der Waals surface area contributed by atoms with Gasteiger partial charge in [0.15, 0.2) is 0 Å². The van der Waals surface area contributed by atoms with Crippen molar-refractivity contribution >= 4 is 0 Å². The minimum absolute atomic E-state index is 1.02. The van der Waals surface area contributed by atoms with Gasteiger partial charge in [0.05, 0.1) is 6.20 Å². The van der Waals surface area contributed by atoms with Gasteiger partial charge in [-0.1, -0.05) is 0 Å². The zero-order valence-corrected chi connectivity index (χ0v) is 4.10. The number of rotatable bonds is 0. The zero-order chi connectivity index (χ0) is 5.28. The van der Waals surface area contributed by atoms with Crippen molar-refractivity contribution in [3.8, 4) is 0 Å². The summed E-state index contributed by atoms with van der Waals surface area (Å²) < 4.78 is 0. The number of hydrogen-bond donors (Lipinski definition) is 3. The van der Waals surface area contributed by atoms with E-state index in [-0.39, 0.29) is 0 Å². The number of hydrogen-bond acceptors (Lipinski definition) is 4. The predicted octanol–water partition coefficient (Wildman–Crippen LogP) is -0.954. The van der Waals surface area contributed by atoms with Crippen LogP contribution in [0.3, 0.4) is 0 Å². The molecule has 0 fully saturated rings. The van der Waals surface area contributed by atoms with Crippen molar-refractivity contribution in [3.63, 3.8) is 0 Å². The summed E-state index contributed by atoms with van der Waals surface area (Å²) >= 11 is 0. The second kappa shape index (κ2) is 1.40. The quantitative estimate of drug-likeness (QED) is 0.343. The van der Waals surface area contributed by atoms with Crippen LogP contribution in [0.5, 0.6) is 0 Å². The van der Waals surface area contributed by atoms with Gasteiger partial charge in [0.25, 0.3) is 0 Å². The molecule has 1 aliphatic heterocycles. The molecule has 0 aromatic heterocycles. The zero-order valence-electron chi connectivity index (χ0n) is 4.10. The summed E-state index contributed by atoms with van der Waals surface area (Å²) in [6.07, 6.45) is 1.75. The first kappa shape index (κ1) is 4.42. The molecule has 40 valence electrons. The van der Waals surface area contributed by atoms with Crippen LogP contribution < -0.4 is 16.8 Å². The van der Waals surface area contributed by atoms with Gasteiger partial charge in [0.1, 0.15) is 0 Å². The van der Waals surface area contributed by atoms with Crippen molar-refractivity contribution < 1.29 is 0 Å². The molecule has 0 bridgehead atoms. The molecule has 7 heavy (non-hydrogen) atoms. The molecule has 0 aromatic rings. The Morgan fingerprint density at radius 3 is 2.71 bits per heavy atom. The molecule has 4 N–H and O–H groups in total. The lowest BCUT2D eigenvalue weighted by Gasteiger charge is -2.04. The molecule has 1 heterocycles. The van der Waals surface area contributed by atoms with E-state index in [1.807, 2.05) is 6.92 Å². The molecular formula is C3H8N4. The maximum absolute atomic E-state index is 5.21. The van der Waals surface area contributed by atoms with Crippen LogP contribution in [0.25, 0.3) is 0 Å². The summed E-state index contributed by atoms with van der Waals surface area (Å²) in [6, 6.07) is 0. The summed E-state index contributed by atoms with van der Waals surface area (Å²) in [4.78, 5) is 0. The second-order valence-corrected chi connectivity index (χ2v) is 1.46. The van der Waals surface area contributed by atoms with E-state index in [4.69, 9.17) is 5.84 Å². The Hall–Kier alpha value is -0.740. The Morgan fingerprint density at radius 1 is 1.86 bits per heavy atom. The van der Waals surface area contributed by atoms with Crippen molar-refractivity contribution in [3.05, 3.63) is 11.9 Å². The average molecular weight is 100 g/mol. The maximum atomic E-state index is 5.21. The summed E-state index contributed by atoms with van der Waals surface area (Å²) in [5.41, 5.74) is 6.44. The fourth-order valence-corrected chi connectivity index (χ4v) is 0.426. The first-order valence-corrected chi connectivity index (χ1v) is 2.03. The molecule has 1 rings (SSSR count). The average Bonchev–Trinajstić information content (AvgIpc) is 1.87. The van der Waals surface area contributed by atoms with Crippen molar-refractivity contribution in [2.75, 3.05) is 0 Å². The van der Waals surface area contributed by atoms with E-state index in [2.05, 4.69) is 11.0 Å². The van der Waals surface area contributed by atoms with Gasteiger partial charge in [0.2, 0.25) is 0 Å². The SMILES string of the molecule is CC1=CN(N)NN1. The maximum Gasteiger partial charge on any atom is 0.0558 e. The summed E-state index contributed by atoms with van der Waals surface area (Å²) in [5.74, 6) is 5.21. The fraction of sp³-hybridized carbons (Fsp3) is 0.333. The van der Waals surface area contributed by atoms with Gasteiger partial charge in [-0.2, -0.15) is 0 Å². The highest BCUT2D eigenvalue weighted by Crippen LogP contribution is 1.89. The van der Waals surface area contributed by atoms with Gasteiger partial charge in [-0.05, 0) is 6.92 Å². The Labute approximate surface area is 41.9 Å². The van der Waals surface area contributed by atoms with Gasteiger partial charge in [-0.3, -0.25) is 0 Å². The Bertz CT molecular complexity index is 97.1.